The molecule has 2 amide bonds. The first-order valence-corrected chi connectivity index (χ1v) is 9.61. The van der Waals surface area contributed by atoms with Gasteiger partial charge in [-0.1, -0.05) is 12.6 Å². The Morgan fingerprint density at radius 2 is 2.00 bits per heavy atom. The second kappa shape index (κ2) is 7.05. The third-order valence-electron chi connectivity index (χ3n) is 4.95. The summed E-state index contributed by atoms with van der Waals surface area (Å²) in [5, 5.41) is 5.12. The molecule has 0 saturated heterocycles. The van der Waals surface area contributed by atoms with E-state index in [9.17, 15) is 9.59 Å². The maximum Gasteiger partial charge on any atom is 0.246 e. The molecule has 4 rings (SSSR count). The van der Waals surface area contributed by atoms with Crippen LogP contribution in [0.2, 0.25) is 0 Å². The molecule has 2 aromatic rings. The smallest absolute Gasteiger partial charge is 0.246 e. The molecule has 0 fully saturated rings. The summed E-state index contributed by atoms with van der Waals surface area (Å²) < 4.78 is 0. The van der Waals surface area contributed by atoms with E-state index in [-0.39, 0.29) is 11.8 Å². The molecule has 0 unspecified atom stereocenters. The molecule has 0 atom stereocenters. The van der Waals surface area contributed by atoms with Gasteiger partial charge in [0.2, 0.25) is 11.8 Å². The van der Waals surface area contributed by atoms with Gasteiger partial charge in [-0.2, -0.15) is 0 Å². The highest BCUT2D eigenvalue weighted by Gasteiger charge is 2.23. The molecule has 6 heteroatoms. The SMILES string of the molecule is C=CC(=O)N1Cc2ccc(NC(=O)CN3CCc4sccc4C3)cc2C1. The van der Waals surface area contributed by atoms with Crippen molar-refractivity contribution in [1.29, 1.82) is 0 Å². The van der Waals surface area contributed by atoms with Crippen LogP contribution in [0.4, 0.5) is 5.69 Å². The van der Waals surface area contributed by atoms with Crippen LogP contribution >= 0.6 is 11.3 Å². The van der Waals surface area contributed by atoms with E-state index in [1.54, 1.807) is 16.2 Å². The summed E-state index contributed by atoms with van der Waals surface area (Å²) in [6.45, 7) is 6.87. The molecule has 26 heavy (non-hydrogen) atoms. The van der Waals surface area contributed by atoms with Crippen LogP contribution in [0.5, 0.6) is 0 Å². The predicted molar refractivity (Wildman–Crippen MR) is 103 cm³/mol. The van der Waals surface area contributed by atoms with E-state index < -0.39 is 0 Å². The van der Waals surface area contributed by atoms with Gasteiger partial charge in [0, 0.05) is 36.7 Å². The molecule has 0 spiro atoms. The topological polar surface area (TPSA) is 52.7 Å². The van der Waals surface area contributed by atoms with Crippen molar-refractivity contribution in [1.82, 2.24) is 9.80 Å². The fourth-order valence-electron chi connectivity index (χ4n) is 3.60. The van der Waals surface area contributed by atoms with Crippen molar-refractivity contribution in [2.45, 2.75) is 26.1 Å². The summed E-state index contributed by atoms with van der Waals surface area (Å²) in [6.07, 6.45) is 2.36. The number of amides is 2. The van der Waals surface area contributed by atoms with Gasteiger partial charge in [-0.25, -0.2) is 0 Å². The summed E-state index contributed by atoms with van der Waals surface area (Å²) in [7, 11) is 0. The lowest BCUT2D eigenvalue weighted by Gasteiger charge is -2.26. The van der Waals surface area contributed by atoms with Gasteiger partial charge in [0.1, 0.15) is 0 Å². The Kier molecular flexibility index (Phi) is 4.61. The van der Waals surface area contributed by atoms with Gasteiger partial charge in [0.05, 0.1) is 6.54 Å². The zero-order valence-corrected chi connectivity index (χ0v) is 15.3. The van der Waals surface area contributed by atoms with Crippen molar-refractivity contribution in [3.05, 3.63) is 63.9 Å². The number of rotatable bonds is 4. The average Bonchev–Trinajstić information content (AvgIpc) is 3.26. The number of carbonyl (C=O) groups is 2. The first-order valence-electron chi connectivity index (χ1n) is 8.73. The number of nitrogens with zero attached hydrogens (tertiary/aromatic N) is 2. The predicted octanol–water partition coefficient (Wildman–Crippen LogP) is 2.77. The van der Waals surface area contributed by atoms with Gasteiger partial charge in [0.25, 0.3) is 0 Å². The summed E-state index contributed by atoms with van der Waals surface area (Å²) in [5.74, 6) is -0.0645. The first-order chi connectivity index (χ1) is 12.6. The minimum atomic E-state index is -0.0651. The van der Waals surface area contributed by atoms with Crippen molar-refractivity contribution in [3.8, 4) is 0 Å². The van der Waals surface area contributed by atoms with Crippen LogP contribution in [0, 0.1) is 0 Å². The van der Waals surface area contributed by atoms with Crippen LogP contribution in [0.1, 0.15) is 21.6 Å². The number of fused-ring (bicyclic) bond motifs is 2. The molecule has 0 bridgehead atoms. The van der Waals surface area contributed by atoms with Crippen LogP contribution in [0.25, 0.3) is 0 Å². The maximum atomic E-state index is 12.4. The standard InChI is InChI=1S/C20H21N3O2S/c1-2-20(25)23-11-14-3-4-17(9-16(14)12-23)21-19(24)13-22-7-5-18-15(10-22)6-8-26-18/h2-4,6,8-9H,1,5,7,10-13H2,(H,21,24). The summed E-state index contributed by atoms with van der Waals surface area (Å²) >= 11 is 1.80. The van der Waals surface area contributed by atoms with Gasteiger partial charge in [0.15, 0.2) is 0 Å². The van der Waals surface area contributed by atoms with Crippen LogP contribution in [-0.4, -0.2) is 34.7 Å². The quantitative estimate of drug-likeness (QED) is 0.846. The third kappa shape index (κ3) is 3.43. The van der Waals surface area contributed by atoms with Gasteiger partial charge < -0.3 is 10.2 Å². The molecule has 2 aliphatic heterocycles. The number of nitrogens with one attached hydrogen (secondary N) is 1. The highest BCUT2D eigenvalue weighted by Crippen LogP contribution is 2.26. The minimum Gasteiger partial charge on any atom is -0.331 e. The Morgan fingerprint density at radius 3 is 2.85 bits per heavy atom. The van der Waals surface area contributed by atoms with Gasteiger partial charge >= 0.3 is 0 Å². The zero-order valence-electron chi connectivity index (χ0n) is 14.5. The van der Waals surface area contributed by atoms with E-state index in [0.717, 1.165) is 36.3 Å². The average molecular weight is 367 g/mol. The summed E-state index contributed by atoms with van der Waals surface area (Å²) in [6, 6.07) is 8.02. The van der Waals surface area contributed by atoms with Crippen molar-refractivity contribution >= 4 is 28.8 Å². The lowest BCUT2D eigenvalue weighted by atomic mass is 10.1. The highest BCUT2D eigenvalue weighted by atomic mass is 32.1. The summed E-state index contributed by atoms with van der Waals surface area (Å²) in [5.41, 5.74) is 4.34. The van der Waals surface area contributed by atoms with Crippen LogP contribution < -0.4 is 5.32 Å². The second-order valence-corrected chi connectivity index (χ2v) is 7.76. The Balaban J connectivity index is 1.36. The Labute approximate surface area is 156 Å². The van der Waals surface area contributed by atoms with Crippen molar-refractivity contribution in [2.24, 2.45) is 0 Å². The number of carbonyl (C=O) groups excluding carboxylic acids is 2. The molecule has 0 radical (unpaired) electrons. The number of benzene rings is 1. The normalized spacial score (nSPS) is 16.1. The Hall–Kier alpha value is -2.44. The van der Waals surface area contributed by atoms with Gasteiger partial charge in [-0.3, -0.25) is 14.5 Å². The fourth-order valence-corrected chi connectivity index (χ4v) is 4.49. The molecule has 0 aliphatic carbocycles. The zero-order chi connectivity index (χ0) is 18.1. The third-order valence-corrected chi connectivity index (χ3v) is 5.98. The molecule has 2 aliphatic rings. The molecule has 1 N–H and O–H groups in total. The van der Waals surface area contributed by atoms with Crippen LogP contribution in [0.3, 0.4) is 0 Å². The monoisotopic (exact) mass is 367 g/mol. The molecular formula is C20H21N3O2S. The number of thiophene rings is 1. The molecular weight excluding hydrogens is 346 g/mol. The molecule has 1 aromatic heterocycles. The summed E-state index contributed by atoms with van der Waals surface area (Å²) in [4.78, 5) is 29.6. The van der Waals surface area contributed by atoms with Crippen LogP contribution in [0.15, 0.2) is 42.3 Å². The Bertz CT molecular complexity index is 874. The van der Waals surface area contributed by atoms with E-state index in [1.165, 1.54) is 16.5 Å². The van der Waals surface area contributed by atoms with E-state index in [1.807, 2.05) is 18.2 Å². The highest BCUT2D eigenvalue weighted by molar-refractivity contribution is 7.10. The van der Waals surface area contributed by atoms with Crippen molar-refractivity contribution in [2.75, 3.05) is 18.4 Å². The molecule has 5 nitrogen and oxygen atoms in total. The van der Waals surface area contributed by atoms with E-state index in [4.69, 9.17) is 0 Å². The maximum absolute atomic E-state index is 12.4. The Morgan fingerprint density at radius 1 is 1.15 bits per heavy atom. The lowest BCUT2D eigenvalue weighted by Crippen LogP contribution is -2.36. The number of hydrogen-bond donors (Lipinski definition) is 1. The molecule has 0 saturated carbocycles. The lowest BCUT2D eigenvalue weighted by molar-refractivity contribution is -0.126. The number of anilines is 1. The second-order valence-electron chi connectivity index (χ2n) is 6.76. The minimum absolute atomic E-state index is 0.000602. The van der Waals surface area contributed by atoms with E-state index in [2.05, 4.69) is 28.2 Å². The van der Waals surface area contributed by atoms with Crippen molar-refractivity contribution in [3.63, 3.8) is 0 Å². The van der Waals surface area contributed by atoms with Crippen molar-refractivity contribution < 1.29 is 9.59 Å². The number of hydrogen-bond acceptors (Lipinski definition) is 4. The van der Waals surface area contributed by atoms with E-state index in [0.29, 0.717) is 19.6 Å². The first kappa shape index (κ1) is 17.0. The fraction of sp³-hybridized carbons (Fsp3) is 0.300. The van der Waals surface area contributed by atoms with Gasteiger partial charge in [-0.15, -0.1) is 11.3 Å². The van der Waals surface area contributed by atoms with Crippen LogP contribution in [-0.2, 0) is 35.6 Å². The largest absolute Gasteiger partial charge is 0.331 e. The van der Waals surface area contributed by atoms with Gasteiger partial charge in [-0.05, 0) is 52.8 Å². The molecule has 1 aromatic carbocycles. The molecule has 3 heterocycles. The molecule has 134 valence electrons. The van der Waals surface area contributed by atoms with E-state index >= 15 is 0 Å².